The molecule has 0 radical (unpaired) electrons. The minimum atomic E-state index is -1.08. The molecular formula is C26H50O5. The second-order valence-electron chi connectivity index (χ2n) is 9.09. The van der Waals surface area contributed by atoms with Crippen molar-refractivity contribution >= 4 is 0 Å². The molecule has 0 bridgehead atoms. The van der Waals surface area contributed by atoms with Crippen molar-refractivity contribution in [3.05, 3.63) is 12.2 Å². The molecule has 3 N–H and O–H groups in total. The lowest BCUT2D eigenvalue weighted by molar-refractivity contribution is -0.208. The van der Waals surface area contributed by atoms with E-state index in [1.165, 1.54) is 89.9 Å². The molecule has 4 atom stereocenters. The largest absolute Gasteiger partial charge is 0.394 e. The van der Waals surface area contributed by atoms with Crippen molar-refractivity contribution in [2.45, 2.75) is 134 Å². The van der Waals surface area contributed by atoms with Gasteiger partial charge in [0.05, 0.1) is 13.2 Å². The van der Waals surface area contributed by atoms with Gasteiger partial charge in [0.2, 0.25) is 0 Å². The lowest BCUT2D eigenvalue weighted by atomic mass is 10.0. The highest BCUT2D eigenvalue weighted by atomic mass is 16.6. The molecule has 1 aliphatic heterocycles. The van der Waals surface area contributed by atoms with Crippen LogP contribution < -0.4 is 0 Å². The molecule has 1 rings (SSSR count). The van der Waals surface area contributed by atoms with Crippen LogP contribution in [0.15, 0.2) is 12.2 Å². The summed E-state index contributed by atoms with van der Waals surface area (Å²) < 4.78 is 11.0. The fourth-order valence-electron chi connectivity index (χ4n) is 4.10. The Morgan fingerprint density at radius 2 is 1.26 bits per heavy atom. The standard InChI is InChI=1S/C26H50O5/c1-2-3-4-5-6-7-8-9-10-11-12-13-14-15-16-17-18-19-20-30-24-22-31-23(21-27)25(28)26(24)29/h10-11,23-29H,2-9,12-22H2,1H3/b11-10+/t23-,24+,25-,26-/m0/s1. The van der Waals surface area contributed by atoms with Crippen molar-refractivity contribution in [2.24, 2.45) is 0 Å². The molecule has 0 spiro atoms. The van der Waals surface area contributed by atoms with Crippen molar-refractivity contribution < 1.29 is 24.8 Å². The van der Waals surface area contributed by atoms with Gasteiger partial charge in [0.1, 0.15) is 24.4 Å². The van der Waals surface area contributed by atoms with Gasteiger partial charge in [-0.1, -0.05) is 89.7 Å². The van der Waals surface area contributed by atoms with E-state index in [1.54, 1.807) is 0 Å². The van der Waals surface area contributed by atoms with E-state index < -0.39 is 24.4 Å². The van der Waals surface area contributed by atoms with Crippen LogP contribution in [0.5, 0.6) is 0 Å². The third-order valence-electron chi connectivity index (χ3n) is 6.25. The van der Waals surface area contributed by atoms with Crippen LogP contribution >= 0.6 is 0 Å². The number of aliphatic hydroxyl groups excluding tert-OH is 3. The van der Waals surface area contributed by atoms with Gasteiger partial charge in [-0.3, -0.25) is 0 Å². The summed E-state index contributed by atoms with van der Waals surface area (Å²) in [5.41, 5.74) is 0. The van der Waals surface area contributed by atoms with E-state index in [4.69, 9.17) is 14.6 Å². The Morgan fingerprint density at radius 3 is 1.81 bits per heavy atom. The van der Waals surface area contributed by atoms with Crippen LogP contribution in [0, 0.1) is 0 Å². The minimum absolute atomic E-state index is 0.219. The molecule has 0 amide bonds. The van der Waals surface area contributed by atoms with E-state index in [0.29, 0.717) is 6.61 Å². The van der Waals surface area contributed by atoms with Crippen molar-refractivity contribution in [3.63, 3.8) is 0 Å². The normalized spacial score (nSPS) is 24.3. The maximum absolute atomic E-state index is 10.0. The molecule has 1 fully saturated rings. The van der Waals surface area contributed by atoms with Gasteiger partial charge < -0.3 is 24.8 Å². The molecule has 1 aliphatic rings. The molecule has 1 heterocycles. The SMILES string of the molecule is CCCCCCCCC/C=C/CCCCCCCCCO[C@@H]1CO[C@@H](CO)[C@H](O)[C@H]1O. The molecule has 31 heavy (non-hydrogen) atoms. The molecule has 5 heteroatoms. The Hall–Kier alpha value is -0.460. The van der Waals surface area contributed by atoms with Gasteiger partial charge in [-0.15, -0.1) is 0 Å². The summed E-state index contributed by atoms with van der Waals surface area (Å²) in [4.78, 5) is 0. The monoisotopic (exact) mass is 442 g/mol. The number of aliphatic hydroxyl groups is 3. The van der Waals surface area contributed by atoms with Crippen molar-refractivity contribution in [1.29, 1.82) is 0 Å². The molecular weight excluding hydrogens is 392 g/mol. The number of unbranched alkanes of at least 4 members (excludes halogenated alkanes) is 14. The number of rotatable bonds is 20. The Morgan fingerprint density at radius 1 is 0.742 bits per heavy atom. The number of hydrogen-bond donors (Lipinski definition) is 3. The Balaban J connectivity index is 1.81. The summed E-state index contributed by atoms with van der Waals surface area (Å²) in [5, 5.41) is 28.9. The molecule has 0 aromatic rings. The van der Waals surface area contributed by atoms with Crippen LogP contribution in [0.2, 0.25) is 0 Å². The van der Waals surface area contributed by atoms with Crippen molar-refractivity contribution in [1.82, 2.24) is 0 Å². The van der Waals surface area contributed by atoms with E-state index in [9.17, 15) is 10.2 Å². The Kier molecular flexibility index (Phi) is 18.6. The van der Waals surface area contributed by atoms with Gasteiger partial charge in [0.25, 0.3) is 0 Å². The average molecular weight is 443 g/mol. The molecule has 184 valence electrons. The third-order valence-corrected chi connectivity index (χ3v) is 6.25. The molecule has 0 unspecified atom stereocenters. The highest BCUT2D eigenvalue weighted by Crippen LogP contribution is 2.18. The fraction of sp³-hybridized carbons (Fsp3) is 0.923. The van der Waals surface area contributed by atoms with E-state index >= 15 is 0 Å². The van der Waals surface area contributed by atoms with Crippen LogP contribution in [0.25, 0.3) is 0 Å². The maximum atomic E-state index is 10.0. The third kappa shape index (κ3) is 14.3. The van der Waals surface area contributed by atoms with Crippen LogP contribution in [-0.4, -0.2) is 59.6 Å². The van der Waals surface area contributed by atoms with E-state index in [2.05, 4.69) is 19.1 Å². The lowest BCUT2D eigenvalue weighted by Crippen LogP contribution is -2.55. The summed E-state index contributed by atoms with van der Waals surface area (Å²) in [6, 6.07) is 0. The van der Waals surface area contributed by atoms with Gasteiger partial charge >= 0.3 is 0 Å². The second kappa shape index (κ2) is 20.2. The Labute approximate surface area is 191 Å². The first-order valence-corrected chi connectivity index (χ1v) is 13.1. The quantitative estimate of drug-likeness (QED) is 0.176. The fourth-order valence-corrected chi connectivity index (χ4v) is 4.10. The smallest absolute Gasteiger partial charge is 0.111 e. The second-order valence-corrected chi connectivity index (χ2v) is 9.09. The zero-order chi connectivity index (χ0) is 22.6. The number of allylic oxidation sites excluding steroid dienone is 2. The maximum Gasteiger partial charge on any atom is 0.111 e. The summed E-state index contributed by atoms with van der Waals surface area (Å²) in [5.74, 6) is 0. The number of ether oxygens (including phenoxy) is 2. The van der Waals surface area contributed by atoms with Gasteiger partial charge in [-0.05, 0) is 32.1 Å². The molecule has 0 aromatic carbocycles. The molecule has 0 aliphatic carbocycles. The molecule has 5 nitrogen and oxygen atoms in total. The van der Waals surface area contributed by atoms with E-state index in [0.717, 1.165) is 12.8 Å². The first-order valence-electron chi connectivity index (χ1n) is 13.1. The minimum Gasteiger partial charge on any atom is -0.394 e. The number of hydrogen-bond acceptors (Lipinski definition) is 5. The highest BCUT2D eigenvalue weighted by Gasteiger charge is 2.38. The highest BCUT2D eigenvalue weighted by molar-refractivity contribution is 4.87. The van der Waals surface area contributed by atoms with Crippen LogP contribution in [0.4, 0.5) is 0 Å². The zero-order valence-electron chi connectivity index (χ0n) is 20.1. The van der Waals surface area contributed by atoms with Crippen molar-refractivity contribution in [3.8, 4) is 0 Å². The Bertz CT molecular complexity index is 415. The average Bonchev–Trinajstić information content (AvgIpc) is 2.78. The summed E-state index contributed by atoms with van der Waals surface area (Å²) in [6.07, 6.45) is 22.1. The summed E-state index contributed by atoms with van der Waals surface area (Å²) in [6.45, 7) is 2.77. The first kappa shape index (κ1) is 28.6. The van der Waals surface area contributed by atoms with Crippen LogP contribution in [-0.2, 0) is 9.47 Å². The molecule has 1 saturated heterocycles. The van der Waals surface area contributed by atoms with Gasteiger partial charge in [-0.25, -0.2) is 0 Å². The topological polar surface area (TPSA) is 79.2 Å². The van der Waals surface area contributed by atoms with Gasteiger partial charge in [0, 0.05) is 6.61 Å². The molecule has 0 aromatic heterocycles. The van der Waals surface area contributed by atoms with Crippen molar-refractivity contribution in [2.75, 3.05) is 19.8 Å². The van der Waals surface area contributed by atoms with Crippen LogP contribution in [0.1, 0.15) is 110 Å². The van der Waals surface area contributed by atoms with Crippen LogP contribution in [0.3, 0.4) is 0 Å². The summed E-state index contributed by atoms with van der Waals surface area (Å²) in [7, 11) is 0. The molecule has 0 saturated carbocycles. The first-order chi connectivity index (χ1) is 15.2. The predicted octanol–water partition coefficient (Wildman–Crippen LogP) is 5.30. The lowest BCUT2D eigenvalue weighted by Gasteiger charge is -2.36. The summed E-state index contributed by atoms with van der Waals surface area (Å²) >= 11 is 0. The zero-order valence-corrected chi connectivity index (χ0v) is 20.1. The van der Waals surface area contributed by atoms with E-state index in [1.807, 2.05) is 0 Å². The van der Waals surface area contributed by atoms with E-state index in [-0.39, 0.29) is 13.2 Å². The van der Waals surface area contributed by atoms with Gasteiger partial charge in [-0.2, -0.15) is 0 Å². The van der Waals surface area contributed by atoms with Gasteiger partial charge in [0.15, 0.2) is 0 Å². The predicted molar refractivity (Wildman–Crippen MR) is 127 cm³/mol.